The van der Waals surface area contributed by atoms with Crippen molar-refractivity contribution in [2.24, 2.45) is 0 Å². The Morgan fingerprint density at radius 3 is 2.44 bits per heavy atom. The van der Waals surface area contributed by atoms with Crippen molar-refractivity contribution in [1.29, 1.82) is 0 Å². The average Bonchev–Trinajstić information content (AvgIpc) is 3.27. The van der Waals surface area contributed by atoms with E-state index in [2.05, 4.69) is 22.8 Å². The zero-order valence-corrected chi connectivity index (χ0v) is 14.3. The largest absolute Gasteiger partial charge is 0.334 e. The predicted octanol–water partition coefficient (Wildman–Crippen LogP) is 5.01. The van der Waals surface area contributed by atoms with Gasteiger partial charge in [-0.2, -0.15) is 0 Å². The summed E-state index contributed by atoms with van der Waals surface area (Å²) in [4.78, 5) is 12.4. The molecule has 0 saturated carbocycles. The molecule has 5 heteroatoms. The Bertz CT molecular complexity index is 990. The van der Waals surface area contributed by atoms with Crippen molar-refractivity contribution in [3.05, 3.63) is 84.7 Å². The van der Waals surface area contributed by atoms with Crippen LogP contribution in [0.1, 0.15) is 5.56 Å². The van der Waals surface area contributed by atoms with Crippen molar-refractivity contribution in [2.45, 2.75) is 6.54 Å². The summed E-state index contributed by atoms with van der Waals surface area (Å²) in [6.45, 7) is 0.496. The molecule has 4 aromatic rings. The number of carbonyl (C=O) groups excluding carboxylic acids is 1. The first kappa shape index (κ1) is 15.5. The van der Waals surface area contributed by atoms with Gasteiger partial charge in [0, 0.05) is 29.0 Å². The highest BCUT2D eigenvalue weighted by Crippen LogP contribution is 2.38. The second-order valence-corrected chi connectivity index (χ2v) is 6.71. The van der Waals surface area contributed by atoms with Crippen molar-refractivity contribution in [3.8, 4) is 5.69 Å². The fraction of sp³-hybridized carbons (Fsp3) is 0.0500. The molecule has 0 aliphatic rings. The van der Waals surface area contributed by atoms with Crippen LogP contribution in [-0.4, -0.2) is 10.6 Å². The van der Waals surface area contributed by atoms with Crippen molar-refractivity contribution < 1.29 is 4.79 Å². The molecule has 2 aromatic heterocycles. The lowest BCUT2D eigenvalue weighted by molar-refractivity contribution is 0.252. The number of anilines is 1. The Hall–Kier alpha value is -3.05. The Labute approximate surface area is 149 Å². The summed E-state index contributed by atoms with van der Waals surface area (Å²) in [5.74, 6) is 0. The molecule has 0 fully saturated rings. The summed E-state index contributed by atoms with van der Waals surface area (Å²) in [6, 6.07) is 21.8. The van der Waals surface area contributed by atoms with E-state index in [0.29, 0.717) is 6.54 Å². The van der Waals surface area contributed by atoms with Gasteiger partial charge in [0.1, 0.15) is 5.00 Å². The third-order valence-electron chi connectivity index (χ3n) is 3.95. The number of aromatic nitrogens is 1. The fourth-order valence-electron chi connectivity index (χ4n) is 2.78. The maximum atomic E-state index is 12.4. The highest BCUT2D eigenvalue weighted by Gasteiger charge is 2.15. The zero-order chi connectivity index (χ0) is 17.1. The number of hydrogen-bond acceptors (Lipinski definition) is 2. The summed E-state index contributed by atoms with van der Waals surface area (Å²) < 4.78 is 3.18. The lowest BCUT2D eigenvalue weighted by Crippen LogP contribution is -2.28. The maximum absolute atomic E-state index is 12.4. The molecule has 0 aliphatic heterocycles. The molecule has 0 radical (unpaired) electrons. The number of hydrogen-bond donors (Lipinski definition) is 2. The van der Waals surface area contributed by atoms with Crippen LogP contribution in [0.5, 0.6) is 0 Å². The van der Waals surface area contributed by atoms with E-state index in [9.17, 15) is 4.79 Å². The molecule has 124 valence electrons. The van der Waals surface area contributed by atoms with Crippen LogP contribution in [-0.2, 0) is 6.54 Å². The van der Waals surface area contributed by atoms with Gasteiger partial charge in [-0.15, -0.1) is 11.3 Å². The standard InChI is InChI=1S/C20H17N3OS/c24-20(21-14-15-8-2-1-3-9-15)22-19-18(23-12-6-7-13-23)16-10-4-5-11-17(16)25-19/h1-13H,14H2,(H2,21,22,24). The molecule has 0 spiro atoms. The molecule has 0 saturated heterocycles. The number of thiophene rings is 1. The minimum absolute atomic E-state index is 0.205. The molecule has 4 rings (SSSR count). The van der Waals surface area contributed by atoms with Gasteiger partial charge in [0.25, 0.3) is 0 Å². The van der Waals surface area contributed by atoms with Crippen molar-refractivity contribution >= 4 is 32.5 Å². The lowest BCUT2D eigenvalue weighted by atomic mass is 10.2. The molecular formula is C20H17N3OS. The van der Waals surface area contributed by atoms with Crippen LogP contribution in [0.3, 0.4) is 0 Å². The molecule has 25 heavy (non-hydrogen) atoms. The van der Waals surface area contributed by atoms with Crippen LogP contribution >= 0.6 is 11.3 Å². The summed E-state index contributed by atoms with van der Waals surface area (Å²) in [7, 11) is 0. The summed E-state index contributed by atoms with van der Waals surface area (Å²) >= 11 is 1.58. The number of urea groups is 1. The lowest BCUT2D eigenvalue weighted by Gasteiger charge is -2.09. The van der Waals surface area contributed by atoms with E-state index in [1.165, 1.54) is 0 Å². The maximum Gasteiger partial charge on any atom is 0.320 e. The number of carbonyl (C=O) groups is 1. The molecule has 0 unspecified atom stereocenters. The van der Waals surface area contributed by atoms with E-state index in [1.807, 2.05) is 71.6 Å². The van der Waals surface area contributed by atoms with Gasteiger partial charge in [0.2, 0.25) is 0 Å². The smallest absolute Gasteiger partial charge is 0.320 e. The van der Waals surface area contributed by atoms with Gasteiger partial charge >= 0.3 is 6.03 Å². The van der Waals surface area contributed by atoms with Gasteiger partial charge < -0.3 is 9.88 Å². The molecule has 2 aromatic carbocycles. The number of nitrogens with one attached hydrogen (secondary N) is 2. The van der Waals surface area contributed by atoms with Crippen LogP contribution in [0.4, 0.5) is 9.80 Å². The second-order valence-electron chi connectivity index (χ2n) is 5.66. The van der Waals surface area contributed by atoms with Gasteiger partial charge in [-0.3, -0.25) is 5.32 Å². The molecule has 0 aliphatic carbocycles. The van der Waals surface area contributed by atoms with Crippen molar-refractivity contribution in [3.63, 3.8) is 0 Å². The van der Waals surface area contributed by atoms with E-state index in [1.54, 1.807) is 11.3 Å². The second kappa shape index (κ2) is 6.83. The van der Waals surface area contributed by atoms with E-state index in [4.69, 9.17) is 0 Å². The zero-order valence-electron chi connectivity index (χ0n) is 13.5. The molecule has 2 heterocycles. The highest BCUT2D eigenvalue weighted by atomic mass is 32.1. The van der Waals surface area contributed by atoms with Crippen LogP contribution in [0.15, 0.2) is 79.1 Å². The molecule has 2 amide bonds. The Balaban J connectivity index is 1.59. The quantitative estimate of drug-likeness (QED) is 0.535. The predicted molar refractivity (Wildman–Crippen MR) is 103 cm³/mol. The summed E-state index contributed by atoms with van der Waals surface area (Å²) in [5, 5.41) is 7.88. The number of rotatable bonds is 4. The third kappa shape index (κ3) is 3.27. The molecule has 0 bridgehead atoms. The molecule has 4 nitrogen and oxygen atoms in total. The monoisotopic (exact) mass is 347 g/mol. The van der Waals surface area contributed by atoms with Crippen molar-refractivity contribution in [1.82, 2.24) is 9.88 Å². The van der Waals surface area contributed by atoms with Gasteiger partial charge in [0.15, 0.2) is 0 Å². The first-order valence-corrected chi connectivity index (χ1v) is 8.86. The van der Waals surface area contributed by atoms with Crippen LogP contribution < -0.4 is 10.6 Å². The molecule has 2 N–H and O–H groups in total. The van der Waals surface area contributed by atoms with E-state index in [0.717, 1.165) is 26.3 Å². The molecule has 0 atom stereocenters. The first-order chi connectivity index (χ1) is 12.3. The fourth-order valence-corrected chi connectivity index (χ4v) is 3.88. The minimum atomic E-state index is -0.205. The van der Waals surface area contributed by atoms with E-state index in [-0.39, 0.29) is 6.03 Å². The van der Waals surface area contributed by atoms with Gasteiger partial charge in [0.05, 0.1) is 5.69 Å². The van der Waals surface area contributed by atoms with Crippen LogP contribution in [0, 0.1) is 0 Å². The Morgan fingerprint density at radius 1 is 0.920 bits per heavy atom. The minimum Gasteiger partial charge on any atom is -0.334 e. The van der Waals surface area contributed by atoms with Gasteiger partial charge in [-0.05, 0) is 23.8 Å². The highest BCUT2D eigenvalue weighted by molar-refractivity contribution is 7.23. The Morgan fingerprint density at radius 2 is 1.64 bits per heavy atom. The third-order valence-corrected chi connectivity index (χ3v) is 5.03. The average molecular weight is 347 g/mol. The number of nitrogens with zero attached hydrogens (tertiary/aromatic N) is 1. The topological polar surface area (TPSA) is 46.1 Å². The van der Waals surface area contributed by atoms with Gasteiger partial charge in [-0.25, -0.2) is 4.79 Å². The van der Waals surface area contributed by atoms with Gasteiger partial charge in [-0.1, -0.05) is 48.5 Å². The normalized spacial score (nSPS) is 10.7. The van der Waals surface area contributed by atoms with E-state index < -0.39 is 0 Å². The van der Waals surface area contributed by atoms with Crippen LogP contribution in [0.2, 0.25) is 0 Å². The first-order valence-electron chi connectivity index (χ1n) is 8.05. The van der Waals surface area contributed by atoms with Crippen LogP contribution in [0.25, 0.3) is 15.8 Å². The van der Waals surface area contributed by atoms with Crippen molar-refractivity contribution in [2.75, 3.05) is 5.32 Å². The van der Waals surface area contributed by atoms with E-state index >= 15 is 0 Å². The Kier molecular flexibility index (Phi) is 4.23. The number of amides is 2. The summed E-state index contributed by atoms with van der Waals surface area (Å²) in [6.07, 6.45) is 3.98. The number of benzene rings is 2. The summed E-state index contributed by atoms with van der Waals surface area (Å²) in [5.41, 5.74) is 2.07. The SMILES string of the molecule is O=C(NCc1ccccc1)Nc1sc2ccccc2c1-n1cccc1. The molecular weight excluding hydrogens is 330 g/mol. The number of fused-ring (bicyclic) bond motifs is 1.